The van der Waals surface area contributed by atoms with E-state index in [1.165, 1.54) is 13.2 Å². The van der Waals surface area contributed by atoms with Crippen molar-refractivity contribution in [2.45, 2.75) is 0 Å². The van der Waals surface area contributed by atoms with Crippen LogP contribution in [-0.2, 0) is 0 Å². The number of para-hydroxylation sites is 2. The largest absolute Gasteiger partial charge is 0.510 e. The summed E-state index contributed by atoms with van der Waals surface area (Å²) in [6, 6.07) is 6.43. The van der Waals surface area contributed by atoms with Crippen molar-refractivity contribution in [1.29, 1.82) is 0 Å². The van der Waals surface area contributed by atoms with Crippen LogP contribution in [0.1, 0.15) is 0 Å². The van der Waals surface area contributed by atoms with Gasteiger partial charge in [0.05, 0.1) is 12.9 Å². The quantitative estimate of drug-likeness (QED) is 0.473. The third kappa shape index (κ3) is 1.88. The molecule has 0 spiro atoms. The molecule has 0 fully saturated rings. The molecule has 0 atom stereocenters. The average Bonchev–Trinajstić information content (AvgIpc) is 2.04. The number of hydrogen-bond acceptors (Lipinski definition) is 4. The zero-order valence-corrected chi connectivity index (χ0v) is 6.44. The smallest absolute Gasteiger partial charge is 0.257 e. The molecule has 0 N–H and O–H groups in total. The lowest BCUT2D eigenvalue weighted by molar-refractivity contribution is -0.271. The first-order chi connectivity index (χ1) is 5.74. The molecular formula is C8H7O4-. The fraction of sp³-hybridized carbons (Fsp3) is 0.125. The molecule has 1 aromatic carbocycles. The van der Waals surface area contributed by atoms with E-state index < -0.39 is 6.16 Å². The zero-order valence-electron chi connectivity index (χ0n) is 6.44. The Hall–Kier alpha value is -1.71. The van der Waals surface area contributed by atoms with Crippen LogP contribution < -0.4 is 14.6 Å². The van der Waals surface area contributed by atoms with Crippen LogP contribution >= 0.6 is 0 Å². The van der Waals surface area contributed by atoms with Gasteiger partial charge in [-0.15, -0.1) is 0 Å². The van der Waals surface area contributed by atoms with Gasteiger partial charge < -0.3 is 19.4 Å². The van der Waals surface area contributed by atoms with E-state index in [9.17, 15) is 9.90 Å². The van der Waals surface area contributed by atoms with Gasteiger partial charge in [-0.25, -0.2) is 0 Å². The third-order valence-electron chi connectivity index (χ3n) is 1.26. The van der Waals surface area contributed by atoms with E-state index in [1.54, 1.807) is 18.2 Å². The minimum absolute atomic E-state index is 0.139. The molecule has 1 aromatic rings. The average molecular weight is 167 g/mol. The van der Waals surface area contributed by atoms with E-state index in [4.69, 9.17) is 4.74 Å². The summed E-state index contributed by atoms with van der Waals surface area (Å²) in [7, 11) is 1.43. The molecule has 1 rings (SSSR count). The van der Waals surface area contributed by atoms with E-state index in [0.717, 1.165) is 0 Å². The Morgan fingerprint density at radius 1 is 1.33 bits per heavy atom. The number of benzene rings is 1. The van der Waals surface area contributed by atoms with Gasteiger partial charge in [-0.2, -0.15) is 0 Å². The highest BCUT2D eigenvalue weighted by atomic mass is 16.7. The van der Waals surface area contributed by atoms with Gasteiger partial charge in [-0.1, -0.05) is 12.1 Å². The second-order valence-electron chi connectivity index (χ2n) is 2.00. The van der Waals surface area contributed by atoms with Crippen LogP contribution in [-0.4, -0.2) is 13.3 Å². The molecule has 4 nitrogen and oxygen atoms in total. The molecule has 0 aromatic heterocycles. The Balaban J connectivity index is 2.89. The van der Waals surface area contributed by atoms with E-state index in [2.05, 4.69) is 4.74 Å². The van der Waals surface area contributed by atoms with Crippen molar-refractivity contribution in [2.24, 2.45) is 0 Å². The fourth-order valence-electron chi connectivity index (χ4n) is 0.793. The SMILES string of the molecule is COc1ccccc1OC(=O)[O-]. The lowest BCUT2D eigenvalue weighted by Gasteiger charge is -2.11. The summed E-state index contributed by atoms with van der Waals surface area (Å²) in [5, 5.41) is 10.0. The predicted octanol–water partition coefficient (Wildman–Crippen LogP) is 0.417. The minimum Gasteiger partial charge on any atom is -0.510 e. The van der Waals surface area contributed by atoms with Crippen molar-refractivity contribution < 1.29 is 19.4 Å². The number of rotatable bonds is 2. The lowest BCUT2D eigenvalue weighted by atomic mass is 10.3. The number of carboxylic acid groups (broad SMARTS) is 1. The maximum Gasteiger partial charge on any atom is 0.257 e. The van der Waals surface area contributed by atoms with Gasteiger partial charge in [-0.3, -0.25) is 0 Å². The summed E-state index contributed by atoms with van der Waals surface area (Å²) in [6.45, 7) is 0. The van der Waals surface area contributed by atoms with Gasteiger partial charge in [0.2, 0.25) is 0 Å². The van der Waals surface area contributed by atoms with Gasteiger partial charge in [0.15, 0.2) is 0 Å². The van der Waals surface area contributed by atoms with Crippen LogP contribution in [0.3, 0.4) is 0 Å². The molecule has 0 unspecified atom stereocenters. The Morgan fingerprint density at radius 2 is 1.92 bits per heavy atom. The Labute approximate surface area is 69.3 Å². The van der Waals surface area contributed by atoms with E-state index in [-0.39, 0.29) is 5.75 Å². The molecule has 0 heterocycles. The van der Waals surface area contributed by atoms with Crippen molar-refractivity contribution >= 4 is 6.16 Å². The van der Waals surface area contributed by atoms with Crippen LogP contribution in [0.25, 0.3) is 0 Å². The summed E-state index contributed by atoms with van der Waals surface area (Å²) in [4.78, 5) is 10.0. The molecule has 0 saturated carbocycles. The van der Waals surface area contributed by atoms with Gasteiger partial charge in [0.25, 0.3) is 6.16 Å². The van der Waals surface area contributed by atoms with Crippen LogP contribution in [0.15, 0.2) is 24.3 Å². The van der Waals surface area contributed by atoms with Crippen LogP contribution in [0, 0.1) is 0 Å². The second-order valence-corrected chi connectivity index (χ2v) is 2.00. The summed E-state index contributed by atoms with van der Waals surface area (Å²) in [6.07, 6.45) is -1.60. The Bertz CT molecular complexity index is 282. The first-order valence-electron chi connectivity index (χ1n) is 3.26. The van der Waals surface area contributed by atoms with E-state index in [0.29, 0.717) is 5.75 Å². The molecule has 0 bridgehead atoms. The second kappa shape index (κ2) is 3.61. The van der Waals surface area contributed by atoms with Gasteiger partial charge in [0, 0.05) is 0 Å². The molecule has 4 heteroatoms. The van der Waals surface area contributed by atoms with Crippen LogP contribution in [0.4, 0.5) is 4.79 Å². The summed E-state index contributed by atoms with van der Waals surface area (Å²) >= 11 is 0. The third-order valence-corrected chi connectivity index (χ3v) is 1.26. The minimum atomic E-state index is -1.60. The van der Waals surface area contributed by atoms with Crippen molar-refractivity contribution in [3.05, 3.63) is 24.3 Å². The molecule has 0 aliphatic carbocycles. The zero-order chi connectivity index (χ0) is 8.97. The van der Waals surface area contributed by atoms with Crippen molar-refractivity contribution in [1.82, 2.24) is 0 Å². The Kier molecular flexibility index (Phi) is 2.53. The summed E-state index contributed by atoms with van der Waals surface area (Å²) in [5.74, 6) is 0.502. The molecule has 64 valence electrons. The number of ether oxygens (including phenoxy) is 2. The van der Waals surface area contributed by atoms with Crippen LogP contribution in [0.5, 0.6) is 11.5 Å². The maximum absolute atomic E-state index is 10.0. The lowest BCUT2D eigenvalue weighted by Crippen LogP contribution is -2.26. The van der Waals surface area contributed by atoms with Crippen molar-refractivity contribution in [2.75, 3.05) is 7.11 Å². The highest BCUT2D eigenvalue weighted by Crippen LogP contribution is 2.25. The van der Waals surface area contributed by atoms with E-state index in [1.807, 2.05) is 0 Å². The number of hydrogen-bond donors (Lipinski definition) is 0. The first kappa shape index (κ1) is 8.39. The molecule has 0 radical (unpaired) electrons. The van der Waals surface area contributed by atoms with E-state index >= 15 is 0 Å². The van der Waals surface area contributed by atoms with Gasteiger partial charge >= 0.3 is 0 Å². The molecular weight excluding hydrogens is 160 g/mol. The topological polar surface area (TPSA) is 58.6 Å². The summed E-state index contributed by atoms with van der Waals surface area (Å²) in [5.41, 5.74) is 0. The number of carbonyl (C=O) groups excluding carboxylic acids is 1. The fourth-order valence-corrected chi connectivity index (χ4v) is 0.793. The van der Waals surface area contributed by atoms with Gasteiger partial charge in [0.1, 0.15) is 5.75 Å². The molecule has 0 aliphatic heterocycles. The van der Waals surface area contributed by atoms with Gasteiger partial charge in [-0.05, 0) is 12.1 Å². The first-order valence-corrected chi connectivity index (χ1v) is 3.26. The standard InChI is InChI=1S/C8H8O4/c1-11-6-4-2-3-5-7(6)12-8(9)10/h2-5H,1H3,(H,9,10)/p-1. The highest BCUT2D eigenvalue weighted by Gasteiger charge is 1.98. The predicted molar refractivity (Wildman–Crippen MR) is 39.0 cm³/mol. The number of carbonyl (C=O) groups is 1. The van der Waals surface area contributed by atoms with Crippen LogP contribution in [0.2, 0.25) is 0 Å². The molecule has 0 aliphatic rings. The highest BCUT2D eigenvalue weighted by molar-refractivity contribution is 5.60. The maximum atomic E-state index is 10.0. The Morgan fingerprint density at radius 3 is 2.42 bits per heavy atom. The van der Waals surface area contributed by atoms with Crippen molar-refractivity contribution in [3.63, 3.8) is 0 Å². The molecule has 0 saturated heterocycles. The number of methoxy groups -OCH3 is 1. The molecule has 12 heavy (non-hydrogen) atoms. The molecule has 0 amide bonds. The normalized spacial score (nSPS) is 9.08. The monoisotopic (exact) mass is 167 g/mol. The summed E-state index contributed by atoms with van der Waals surface area (Å²) < 4.78 is 9.15. The van der Waals surface area contributed by atoms with Crippen molar-refractivity contribution in [3.8, 4) is 11.5 Å².